The van der Waals surface area contributed by atoms with Gasteiger partial charge in [0.2, 0.25) is 0 Å². The highest BCUT2D eigenvalue weighted by molar-refractivity contribution is 6.19. The van der Waals surface area contributed by atoms with Gasteiger partial charge in [0.1, 0.15) is 0 Å². The summed E-state index contributed by atoms with van der Waals surface area (Å²) in [5.41, 5.74) is 11.9. The van der Waals surface area contributed by atoms with E-state index in [1.54, 1.807) is 0 Å². The summed E-state index contributed by atoms with van der Waals surface area (Å²) in [4.78, 5) is 0. The van der Waals surface area contributed by atoms with Gasteiger partial charge in [-0.25, -0.2) is 0 Å². The topological polar surface area (TPSA) is 9.86 Å². The number of rotatable bonds is 2. The molecular formula is C41H30N2. The highest BCUT2D eigenvalue weighted by atomic mass is 15.0. The van der Waals surface area contributed by atoms with Crippen LogP contribution in [0.2, 0.25) is 0 Å². The molecule has 0 N–H and O–H groups in total. The minimum Gasteiger partial charge on any atom is -0.311 e. The lowest BCUT2D eigenvalue weighted by atomic mass is 9.97. The van der Waals surface area contributed by atoms with Gasteiger partial charge in [-0.1, -0.05) is 102 Å². The number of aromatic nitrogens is 2. The third-order valence-electron chi connectivity index (χ3n) is 10.1. The number of hydrogen-bond donors (Lipinski definition) is 0. The van der Waals surface area contributed by atoms with Crippen molar-refractivity contribution in [2.45, 2.75) is 26.2 Å². The Balaban J connectivity index is 1.42. The second-order valence-corrected chi connectivity index (χ2v) is 12.7. The number of fused-ring (bicyclic) bond motifs is 10. The summed E-state index contributed by atoms with van der Waals surface area (Å²) in [5, 5.41) is 9.11. The molecule has 2 heteroatoms. The summed E-state index contributed by atoms with van der Waals surface area (Å²) in [6, 6.07) is 41.0. The largest absolute Gasteiger partial charge is 0.311 e. The molecule has 10 rings (SSSR count). The van der Waals surface area contributed by atoms with E-state index in [1.165, 1.54) is 94.4 Å². The Kier molecular flexibility index (Phi) is 4.51. The predicted octanol–water partition coefficient (Wildman–Crippen LogP) is 10.8. The molecule has 8 aromatic rings. The van der Waals surface area contributed by atoms with Crippen molar-refractivity contribution in [3.63, 3.8) is 0 Å². The summed E-state index contributed by atoms with van der Waals surface area (Å²) in [6.45, 7) is 4.40. The van der Waals surface area contributed by atoms with E-state index < -0.39 is 0 Å². The van der Waals surface area contributed by atoms with E-state index >= 15 is 0 Å². The van der Waals surface area contributed by atoms with Gasteiger partial charge in [0.25, 0.3) is 0 Å². The Bertz CT molecular complexity index is 2460. The van der Waals surface area contributed by atoms with Crippen LogP contribution in [-0.2, 0) is 0 Å². The molecule has 0 radical (unpaired) electrons. The predicted molar refractivity (Wildman–Crippen MR) is 182 cm³/mol. The average Bonchev–Trinajstić information content (AvgIpc) is 3.68. The number of benzene rings is 6. The summed E-state index contributed by atoms with van der Waals surface area (Å²) in [6.07, 6.45) is 6.09. The van der Waals surface area contributed by atoms with Crippen molar-refractivity contribution in [3.05, 3.63) is 138 Å². The van der Waals surface area contributed by atoms with Crippen LogP contribution in [0.25, 0.3) is 71.7 Å². The van der Waals surface area contributed by atoms with Crippen molar-refractivity contribution >= 4 is 60.3 Å². The van der Waals surface area contributed by atoms with Gasteiger partial charge in [-0.15, -0.1) is 0 Å². The smallest absolute Gasteiger partial charge is 0.0620 e. The third-order valence-corrected chi connectivity index (χ3v) is 10.1. The lowest BCUT2D eigenvalue weighted by Crippen LogP contribution is -2.06. The van der Waals surface area contributed by atoms with E-state index in [4.69, 9.17) is 0 Å². The van der Waals surface area contributed by atoms with Crippen molar-refractivity contribution in [2.24, 2.45) is 5.92 Å². The molecule has 2 nitrogen and oxygen atoms in total. The van der Waals surface area contributed by atoms with E-state index in [0.717, 1.165) is 0 Å². The van der Waals surface area contributed by atoms with Crippen LogP contribution in [0.15, 0.2) is 115 Å². The summed E-state index contributed by atoms with van der Waals surface area (Å²) >= 11 is 0. The maximum absolute atomic E-state index is 2.64. The first kappa shape index (κ1) is 23.5. The molecular weight excluding hydrogens is 520 g/mol. The average molecular weight is 551 g/mol. The van der Waals surface area contributed by atoms with Gasteiger partial charge in [-0.2, -0.15) is 0 Å². The normalized spacial score (nSPS) is 17.3. The molecule has 0 amide bonds. The fraction of sp³-hybridized carbons (Fsp3) is 0.122. The molecule has 2 heterocycles. The monoisotopic (exact) mass is 550 g/mol. The molecule has 2 aliphatic carbocycles. The van der Waals surface area contributed by atoms with Crippen LogP contribution < -0.4 is 0 Å². The van der Waals surface area contributed by atoms with Gasteiger partial charge in [0, 0.05) is 54.9 Å². The lowest BCUT2D eigenvalue weighted by Gasteiger charge is -2.22. The molecule has 2 aromatic heterocycles. The van der Waals surface area contributed by atoms with Crippen molar-refractivity contribution in [1.29, 1.82) is 0 Å². The molecule has 1 saturated carbocycles. The van der Waals surface area contributed by atoms with Crippen molar-refractivity contribution in [2.75, 3.05) is 0 Å². The maximum Gasteiger partial charge on any atom is 0.0620 e. The number of para-hydroxylation sites is 1. The first-order valence-electron chi connectivity index (χ1n) is 15.4. The van der Waals surface area contributed by atoms with Crippen molar-refractivity contribution in [1.82, 2.24) is 9.13 Å². The number of nitrogens with zero attached hydrogens (tertiary/aromatic N) is 2. The molecule has 43 heavy (non-hydrogen) atoms. The SMILES string of the molecule is Cc1ccc2c(c1)c1c(n2-c2c3ccccc3c(-n3c4ccccc4c4cc(C)ccc43)c3ccccc23)C2CC2C=C1. The van der Waals surface area contributed by atoms with Gasteiger partial charge >= 0.3 is 0 Å². The molecule has 6 aromatic carbocycles. The number of allylic oxidation sites excluding steroid dienone is 1. The minimum absolute atomic E-state index is 0.588. The molecule has 2 atom stereocenters. The second-order valence-electron chi connectivity index (χ2n) is 12.7. The summed E-state index contributed by atoms with van der Waals surface area (Å²) < 4.78 is 5.16. The zero-order valence-electron chi connectivity index (χ0n) is 24.3. The first-order valence-corrected chi connectivity index (χ1v) is 15.4. The quantitative estimate of drug-likeness (QED) is 0.189. The fourth-order valence-corrected chi connectivity index (χ4v) is 8.08. The van der Waals surface area contributed by atoms with Crippen LogP contribution in [0, 0.1) is 19.8 Å². The molecule has 204 valence electrons. The standard InChI is InChI=1S/C41H30N2/c1-24-15-19-37-34(21-24)27-9-7-8-14-36(27)42(37)39-28-10-3-5-12-30(28)40(31-13-6-4-11-29(31)39)43-38-20-16-25(2)22-35(38)32-18-17-26-23-33(26)41(32)43/h3-22,26,33H,23H2,1-2H3. The molecule has 0 bridgehead atoms. The van der Waals surface area contributed by atoms with Gasteiger partial charge in [0.05, 0.1) is 27.9 Å². The Labute approximate surface area is 250 Å². The van der Waals surface area contributed by atoms with E-state index in [1.807, 2.05) is 0 Å². The van der Waals surface area contributed by atoms with Crippen LogP contribution >= 0.6 is 0 Å². The van der Waals surface area contributed by atoms with Gasteiger partial charge < -0.3 is 9.13 Å². The fourth-order valence-electron chi connectivity index (χ4n) is 8.08. The molecule has 2 aliphatic rings. The van der Waals surface area contributed by atoms with E-state index in [-0.39, 0.29) is 0 Å². The van der Waals surface area contributed by atoms with Crippen LogP contribution in [0.3, 0.4) is 0 Å². The third kappa shape index (κ3) is 3.08. The number of aryl methyl sites for hydroxylation is 2. The Morgan fingerprint density at radius 1 is 0.512 bits per heavy atom. The van der Waals surface area contributed by atoms with E-state index in [9.17, 15) is 0 Å². The van der Waals surface area contributed by atoms with Crippen LogP contribution in [0.4, 0.5) is 0 Å². The van der Waals surface area contributed by atoms with E-state index in [2.05, 4.69) is 144 Å². The number of hydrogen-bond acceptors (Lipinski definition) is 0. The minimum atomic E-state index is 0.588. The van der Waals surface area contributed by atoms with Gasteiger partial charge in [-0.05, 0) is 56.5 Å². The van der Waals surface area contributed by atoms with Crippen LogP contribution in [-0.4, -0.2) is 9.13 Å². The zero-order chi connectivity index (χ0) is 28.4. The molecule has 1 fully saturated rings. The summed E-state index contributed by atoms with van der Waals surface area (Å²) in [5.74, 6) is 1.25. The van der Waals surface area contributed by atoms with E-state index in [0.29, 0.717) is 11.8 Å². The molecule has 0 aliphatic heterocycles. The van der Waals surface area contributed by atoms with Crippen molar-refractivity contribution < 1.29 is 0 Å². The van der Waals surface area contributed by atoms with Gasteiger partial charge in [-0.3, -0.25) is 0 Å². The highest BCUT2D eigenvalue weighted by Gasteiger charge is 2.43. The Hall–Kier alpha value is -5.08. The highest BCUT2D eigenvalue weighted by Crippen LogP contribution is 2.56. The summed E-state index contributed by atoms with van der Waals surface area (Å²) in [7, 11) is 0. The lowest BCUT2D eigenvalue weighted by molar-refractivity contribution is 0.902. The Morgan fingerprint density at radius 2 is 1.02 bits per heavy atom. The van der Waals surface area contributed by atoms with Crippen molar-refractivity contribution in [3.8, 4) is 11.4 Å². The molecule has 0 saturated heterocycles. The zero-order valence-corrected chi connectivity index (χ0v) is 24.3. The Morgan fingerprint density at radius 3 is 1.67 bits per heavy atom. The van der Waals surface area contributed by atoms with Crippen LogP contribution in [0.1, 0.15) is 34.7 Å². The maximum atomic E-state index is 2.64. The molecule has 0 spiro atoms. The molecule has 2 unspecified atom stereocenters. The second kappa shape index (κ2) is 8.26. The first-order chi connectivity index (χ1) is 21.2. The van der Waals surface area contributed by atoms with Crippen LogP contribution in [0.5, 0.6) is 0 Å². The van der Waals surface area contributed by atoms with Gasteiger partial charge in [0.15, 0.2) is 0 Å².